The normalized spacial score (nSPS) is 13.9. The molecule has 7 nitrogen and oxygen atoms in total. The molecule has 1 N–H and O–H groups in total. The predicted octanol–water partition coefficient (Wildman–Crippen LogP) is 7.41. The number of carbonyl (C=O) groups excluding carboxylic acids is 2. The van der Waals surface area contributed by atoms with E-state index in [4.69, 9.17) is 32.9 Å². The Kier molecular flexibility index (Phi) is 8.22. The molecule has 5 aromatic rings. The van der Waals surface area contributed by atoms with Crippen LogP contribution in [0.1, 0.15) is 34.1 Å². The number of benzene rings is 3. The first-order chi connectivity index (χ1) is 20.4. The molecule has 2 aromatic heterocycles. The summed E-state index contributed by atoms with van der Waals surface area (Å²) < 4.78 is 5.77. The molecular weight excluding hydrogens is 591 g/mol. The Hall–Kier alpha value is -3.82. The summed E-state index contributed by atoms with van der Waals surface area (Å²) >= 11 is 13.6. The first kappa shape index (κ1) is 28.3. The van der Waals surface area contributed by atoms with E-state index in [0.717, 1.165) is 29.9 Å². The van der Waals surface area contributed by atoms with Crippen LogP contribution in [0.15, 0.2) is 78.2 Å². The van der Waals surface area contributed by atoms with E-state index in [1.54, 1.807) is 30.5 Å². The zero-order valence-corrected chi connectivity index (χ0v) is 25.0. The van der Waals surface area contributed by atoms with Crippen molar-refractivity contribution in [1.82, 2.24) is 14.9 Å². The molecule has 6 rings (SSSR count). The van der Waals surface area contributed by atoms with E-state index >= 15 is 0 Å². The molecule has 1 amide bonds. The highest BCUT2D eigenvalue weighted by Gasteiger charge is 2.29. The van der Waals surface area contributed by atoms with E-state index in [-0.39, 0.29) is 0 Å². The summed E-state index contributed by atoms with van der Waals surface area (Å²) in [5.41, 5.74) is 5.43. The van der Waals surface area contributed by atoms with Gasteiger partial charge in [0.15, 0.2) is 11.2 Å². The molecule has 42 heavy (non-hydrogen) atoms. The first-order valence-electron chi connectivity index (χ1n) is 13.5. The van der Waals surface area contributed by atoms with Crippen molar-refractivity contribution in [1.29, 1.82) is 0 Å². The largest absolute Gasteiger partial charge is 0.449 e. The van der Waals surface area contributed by atoms with Gasteiger partial charge in [0.1, 0.15) is 0 Å². The zero-order chi connectivity index (χ0) is 29.2. The summed E-state index contributed by atoms with van der Waals surface area (Å²) in [4.78, 5) is 38.4. The van der Waals surface area contributed by atoms with Crippen molar-refractivity contribution in [2.24, 2.45) is 0 Å². The fourth-order valence-electron chi connectivity index (χ4n) is 5.09. The lowest BCUT2D eigenvalue weighted by Gasteiger charge is -2.30. The Balaban J connectivity index is 1.21. The minimum absolute atomic E-state index is 0.368. The van der Waals surface area contributed by atoms with Crippen LogP contribution in [0.3, 0.4) is 0 Å². The number of ether oxygens (including phenoxy) is 1. The molecule has 1 aliphatic rings. The Bertz CT molecular complexity index is 1790. The van der Waals surface area contributed by atoms with Crippen LogP contribution in [0.4, 0.5) is 5.13 Å². The van der Waals surface area contributed by atoms with Crippen LogP contribution >= 0.6 is 34.5 Å². The van der Waals surface area contributed by atoms with Gasteiger partial charge in [-0.1, -0.05) is 71.7 Å². The highest BCUT2D eigenvalue weighted by atomic mass is 35.5. The van der Waals surface area contributed by atoms with Crippen LogP contribution in [0.2, 0.25) is 10.0 Å². The number of halogens is 2. The van der Waals surface area contributed by atoms with Crippen molar-refractivity contribution < 1.29 is 14.3 Å². The van der Waals surface area contributed by atoms with Gasteiger partial charge in [0.2, 0.25) is 0 Å². The number of rotatable bonds is 7. The number of anilines is 1. The average molecular weight is 618 g/mol. The number of hydrogen-bond donors (Lipinski definition) is 1. The number of fused-ring (bicyclic) bond motifs is 2. The molecule has 0 saturated heterocycles. The van der Waals surface area contributed by atoms with E-state index < -0.39 is 18.0 Å². The second-order valence-corrected chi connectivity index (χ2v) is 11.8. The third-order valence-corrected chi connectivity index (χ3v) is 8.48. The quantitative estimate of drug-likeness (QED) is 0.192. The summed E-state index contributed by atoms with van der Waals surface area (Å²) in [6.07, 6.45) is -0.344. The van der Waals surface area contributed by atoms with Gasteiger partial charge in [0.05, 0.1) is 21.8 Å². The van der Waals surface area contributed by atoms with Crippen LogP contribution in [0.5, 0.6) is 0 Å². The summed E-state index contributed by atoms with van der Waals surface area (Å²) in [6.45, 7) is 3.70. The fraction of sp³-hybridized carbons (Fsp3) is 0.188. The highest BCUT2D eigenvalue weighted by Crippen LogP contribution is 2.33. The second-order valence-electron chi connectivity index (χ2n) is 10.1. The molecule has 0 fully saturated rings. The molecule has 1 aliphatic heterocycles. The number of nitrogens with one attached hydrogen (secondary N) is 1. The lowest BCUT2D eigenvalue weighted by Crippen LogP contribution is -2.34. The molecular formula is C32H26Cl2N4O3S. The van der Waals surface area contributed by atoms with Gasteiger partial charge in [-0.3, -0.25) is 20.0 Å². The first-order valence-corrected chi connectivity index (χ1v) is 15.1. The number of pyridine rings is 1. The summed E-state index contributed by atoms with van der Waals surface area (Å²) in [5, 5.41) is 6.61. The van der Waals surface area contributed by atoms with Gasteiger partial charge < -0.3 is 4.74 Å². The maximum Gasteiger partial charge on any atom is 0.339 e. The van der Waals surface area contributed by atoms with Gasteiger partial charge in [-0.2, -0.15) is 0 Å². The van der Waals surface area contributed by atoms with E-state index in [1.807, 2.05) is 42.5 Å². The van der Waals surface area contributed by atoms with E-state index in [0.29, 0.717) is 50.3 Å². The lowest BCUT2D eigenvalue weighted by molar-refractivity contribution is -0.123. The van der Waals surface area contributed by atoms with E-state index in [2.05, 4.69) is 27.3 Å². The predicted molar refractivity (Wildman–Crippen MR) is 167 cm³/mol. The molecule has 0 saturated carbocycles. The van der Waals surface area contributed by atoms with Crippen molar-refractivity contribution in [2.45, 2.75) is 32.5 Å². The minimum Gasteiger partial charge on any atom is -0.449 e. The number of hydrogen-bond acceptors (Lipinski definition) is 7. The molecule has 1 atom stereocenters. The Morgan fingerprint density at radius 1 is 1.05 bits per heavy atom. The van der Waals surface area contributed by atoms with Crippen LogP contribution in [-0.2, 0) is 29.0 Å². The van der Waals surface area contributed by atoms with Gasteiger partial charge in [0.25, 0.3) is 5.91 Å². The smallest absolute Gasteiger partial charge is 0.339 e. The van der Waals surface area contributed by atoms with Gasteiger partial charge in [0, 0.05) is 58.7 Å². The molecule has 0 spiro atoms. The van der Waals surface area contributed by atoms with Crippen LogP contribution in [0.25, 0.3) is 22.2 Å². The number of para-hydroxylation sites is 1. The highest BCUT2D eigenvalue weighted by molar-refractivity contribution is 7.14. The van der Waals surface area contributed by atoms with Crippen LogP contribution < -0.4 is 5.32 Å². The Morgan fingerprint density at radius 3 is 2.64 bits per heavy atom. The maximum atomic E-state index is 13.7. The Labute approximate surface area is 257 Å². The molecule has 0 aliphatic carbocycles. The number of thiazole rings is 1. The van der Waals surface area contributed by atoms with E-state index in [9.17, 15) is 9.59 Å². The van der Waals surface area contributed by atoms with Crippen molar-refractivity contribution in [3.05, 3.63) is 111 Å². The number of nitrogens with zero attached hydrogens (tertiary/aromatic N) is 3. The number of esters is 1. The third kappa shape index (κ3) is 6.03. The number of carbonyl (C=O) groups is 2. The zero-order valence-electron chi connectivity index (χ0n) is 22.6. The monoisotopic (exact) mass is 616 g/mol. The number of aromatic nitrogens is 2. The minimum atomic E-state index is -1.06. The summed E-state index contributed by atoms with van der Waals surface area (Å²) in [7, 11) is 0. The molecule has 3 aromatic carbocycles. The molecule has 212 valence electrons. The molecule has 10 heteroatoms. The summed E-state index contributed by atoms with van der Waals surface area (Å²) in [5.74, 6) is -1.04. The second kappa shape index (κ2) is 12.2. The van der Waals surface area contributed by atoms with Crippen molar-refractivity contribution in [3.8, 4) is 11.3 Å². The van der Waals surface area contributed by atoms with Crippen molar-refractivity contribution in [2.75, 3.05) is 11.9 Å². The van der Waals surface area contributed by atoms with Gasteiger partial charge >= 0.3 is 5.97 Å². The van der Waals surface area contributed by atoms with E-state index in [1.165, 1.54) is 16.9 Å². The standard InChI is InChI=1S/C32H26Cl2N4O3S/c1-19(30(39)37-32-36-28(18-42-32)22-12-11-21(33)15-25(22)34)41-31(40)29-23-9-5-6-10-26(23)35-27-13-14-38(17-24(27)29)16-20-7-3-2-4-8-20/h2-12,15,18-19H,13-14,16-17H2,1H3,(H,36,37,39). The van der Waals surface area contributed by atoms with Gasteiger partial charge in [-0.25, -0.2) is 9.78 Å². The summed E-state index contributed by atoms with van der Waals surface area (Å²) in [6, 6.07) is 22.9. The van der Waals surface area contributed by atoms with Gasteiger partial charge in [-0.05, 0) is 36.8 Å². The average Bonchev–Trinajstić information content (AvgIpc) is 3.44. The topological polar surface area (TPSA) is 84.4 Å². The van der Waals surface area contributed by atoms with Crippen LogP contribution in [-0.4, -0.2) is 39.4 Å². The van der Waals surface area contributed by atoms with Crippen LogP contribution in [0, 0.1) is 0 Å². The lowest BCUT2D eigenvalue weighted by atomic mass is 9.95. The fourth-order valence-corrected chi connectivity index (χ4v) is 6.31. The molecule has 0 radical (unpaired) electrons. The molecule has 3 heterocycles. The molecule has 1 unspecified atom stereocenters. The maximum absolute atomic E-state index is 13.7. The third-order valence-electron chi connectivity index (χ3n) is 7.17. The van der Waals surface area contributed by atoms with Crippen molar-refractivity contribution >= 4 is 62.4 Å². The van der Waals surface area contributed by atoms with Crippen molar-refractivity contribution in [3.63, 3.8) is 0 Å². The SMILES string of the molecule is CC(OC(=O)c1c2c(nc3ccccc13)CCN(Cc1ccccc1)C2)C(=O)Nc1nc(-c2ccc(Cl)cc2Cl)cs1. The Morgan fingerprint density at radius 2 is 1.83 bits per heavy atom. The van der Waals surface area contributed by atoms with Gasteiger partial charge in [-0.15, -0.1) is 11.3 Å². The molecule has 0 bridgehead atoms. The number of amides is 1.